The first-order valence-electron chi connectivity index (χ1n) is 8.20. The van der Waals surface area contributed by atoms with Crippen molar-refractivity contribution in [2.24, 2.45) is 0 Å². The van der Waals surface area contributed by atoms with Crippen molar-refractivity contribution < 1.29 is 49.7 Å². The van der Waals surface area contributed by atoms with Crippen molar-refractivity contribution in [2.45, 2.75) is 0 Å². The molecular weight excluding hydrogens is 400 g/mol. The van der Waals surface area contributed by atoms with E-state index in [4.69, 9.17) is 9.47 Å². The van der Waals surface area contributed by atoms with Crippen LogP contribution in [0.4, 0.5) is 0 Å². The van der Waals surface area contributed by atoms with Gasteiger partial charge >= 0.3 is 11.9 Å². The summed E-state index contributed by atoms with van der Waals surface area (Å²) in [5.74, 6) is -6.10. The number of benzene rings is 3. The average Bonchev–Trinajstić information content (AvgIpc) is 2.70. The zero-order chi connectivity index (χ0) is 22.0. The Morgan fingerprint density at radius 1 is 0.533 bits per heavy atom. The predicted octanol–water partition coefficient (Wildman–Crippen LogP) is 2.36. The van der Waals surface area contributed by atoms with E-state index in [1.165, 1.54) is 24.3 Å². The van der Waals surface area contributed by atoms with Gasteiger partial charge in [0.25, 0.3) is 0 Å². The lowest BCUT2D eigenvalue weighted by molar-refractivity contribution is 0.0718. The molecule has 3 rings (SSSR count). The summed E-state index contributed by atoms with van der Waals surface area (Å²) < 4.78 is 10.1. The quantitative estimate of drug-likeness (QED) is 0.211. The molecule has 0 spiro atoms. The van der Waals surface area contributed by atoms with E-state index in [2.05, 4.69) is 0 Å². The third-order valence-corrected chi connectivity index (χ3v) is 3.86. The fraction of sp³-hybridized carbons (Fsp3) is 0. The Hall–Kier alpha value is -4.60. The van der Waals surface area contributed by atoms with Crippen molar-refractivity contribution in [3.8, 4) is 46.0 Å². The molecule has 10 heteroatoms. The maximum Gasteiger partial charge on any atom is 0.343 e. The molecule has 0 heterocycles. The molecule has 0 aliphatic rings. The minimum absolute atomic E-state index is 0.0479. The lowest BCUT2D eigenvalue weighted by Crippen LogP contribution is -2.09. The third-order valence-electron chi connectivity index (χ3n) is 3.86. The van der Waals surface area contributed by atoms with Crippen LogP contribution in [0.3, 0.4) is 0 Å². The molecule has 0 aromatic heterocycles. The first-order chi connectivity index (χ1) is 14.2. The van der Waals surface area contributed by atoms with Gasteiger partial charge in [-0.25, -0.2) is 9.59 Å². The second kappa shape index (κ2) is 7.80. The number of esters is 2. The molecular formula is C20H14O10. The molecule has 0 amide bonds. The van der Waals surface area contributed by atoms with E-state index in [0.29, 0.717) is 0 Å². The molecule has 3 aromatic carbocycles. The van der Waals surface area contributed by atoms with Crippen LogP contribution in [0.5, 0.6) is 46.0 Å². The normalized spacial score (nSPS) is 10.4. The minimum Gasteiger partial charge on any atom is -0.504 e. The number of carbonyl (C=O) groups excluding carboxylic acids is 2. The maximum absolute atomic E-state index is 12.1. The lowest BCUT2D eigenvalue weighted by Gasteiger charge is -2.09. The molecule has 10 nitrogen and oxygen atoms in total. The van der Waals surface area contributed by atoms with Crippen molar-refractivity contribution in [2.75, 3.05) is 0 Å². The highest BCUT2D eigenvalue weighted by atomic mass is 16.5. The fourth-order valence-electron chi connectivity index (χ4n) is 2.35. The first-order valence-corrected chi connectivity index (χ1v) is 8.20. The van der Waals surface area contributed by atoms with Crippen LogP contribution >= 0.6 is 0 Å². The van der Waals surface area contributed by atoms with Crippen LogP contribution in [-0.4, -0.2) is 42.6 Å². The molecule has 154 valence electrons. The van der Waals surface area contributed by atoms with Gasteiger partial charge in [0.2, 0.25) is 0 Å². The molecule has 0 saturated carbocycles. The van der Waals surface area contributed by atoms with Gasteiger partial charge in [0.1, 0.15) is 11.5 Å². The Morgan fingerprint density at radius 2 is 0.800 bits per heavy atom. The number of hydrogen-bond acceptors (Lipinski definition) is 10. The summed E-state index contributed by atoms with van der Waals surface area (Å²) in [6, 6.07) is 8.84. The summed E-state index contributed by atoms with van der Waals surface area (Å²) in [6.07, 6.45) is 0. The Bertz CT molecular complexity index is 998. The van der Waals surface area contributed by atoms with Gasteiger partial charge < -0.3 is 40.1 Å². The molecule has 0 unspecified atom stereocenters. The van der Waals surface area contributed by atoms with Crippen molar-refractivity contribution in [3.05, 3.63) is 59.7 Å². The van der Waals surface area contributed by atoms with Crippen molar-refractivity contribution >= 4 is 11.9 Å². The summed E-state index contributed by atoms with van der Waals surface area (Å²) in [6.45, 7) is 0. The summed E-state index contributed by atoms with van der Waals surface area (Å²) in [7, 11) is 0. The highest BCUT2D eigenvalue weighted by Gasteiger charge is 2.17. The van der Waals surface area contributed by atoms with Crippen LogP contribution in [0.25, 0.3) is 0 Å². The van der Waals surface area contributed by atoms with Gasteiger partial charge in [-0.1, -0.05) is 0 Å². The number of phenolic OH excluding ortho intramolecular Hbond substituents is 6. The zero-order valence-corrected chi connectivity index (χ0v) is 14.9. The highest BCUT2D eigenvalue weighted by molar-refractivity contribution is 5.93. The molecule has 0 radical (unpaired) electrons. The standard InChI is InChI=1S/C20H14O10/c21-13-5-9(6-14(22)17(13)25)19(27)29-11-1-2-12(4-3-11)30-20(28)10-7-15(23)18(26)16(24)8-10/h1-8,21-26H. The summed E-state index contributed by atoms with van der Waals surface area (Å²) in [5, 5.41) is 56.4. The van der Waals surface area contributed by atoms with Crippen LogP contribution < -0.4 is 9.47 Å². The van der Waals surface area contributed by atoms with E-state index >= 15 is 0 Å². The third kappa shape index (κ3) is 4.12. The Labute approximate surface area is 168 Å². The molecule has 0 fully saturated rings. The van der Waals surface area contributed by atoms with Gasteiger partial charge in [0, 0.05) is 0 Å². The number of phenols is 6. The van der Waals surface area contributed by atoms with Gasteiger partial charge in [0.05, 0.1) is 11.1 Å². The molecule has 0 atom stereocenters. The summed E-state index contributed by atoms with van der Waals surface area (Å²) >= 11 is 0. The van der Waals surface area contributed by atoms with Gasteiger partial charge in [-0.15, -0.1) is 0 Å². The van der Waals surface area contributed by atoms with Crippen LogP contribution in [0.2, 0.25) is 0 Å². The van der Waals surface area contributed by atoms with Crippen LogP contribution in [0.1, 0.15) is 20.7 Å². The smallest absolute Gasteiger partial charge is 0.343 e. The van der Waals surface area contributed by atoms with Crippen molar-refractivity contribution in [1.29, 1.82) is 0 Å². The topological polar surface area (TPSA) is 174 Å². The number of ether oxygens (including phenoxy) is 2. The number of carbonyl (C=O) groups is 2. The second-order valence-electron chi connectivity index (χ2n) is 5.98. The van der Waals surface area contributed by atoms with Crippen LogP contribution in [0, 0.1) is 0 Å². The summed E-state index contributed by atoms with van der Waals surface area (Å²) in [5.41, 5.74) is -0.435. The van der Waals surface area contributed by atoms with Gasteiger partial charge in [-0.2, -0.15) is 0 Å². The minimum atomic E-state index is -0.930. The number of hydrogen-bond donors (Lipinski definition) is 6. The molecule has 30 heavy (non-hydrogen) atoms. The first kappa shape index (κ1) is 20.1. The molecule has 0 saturated heterocycles. The average molecular weight is 414 g/mol. The predicted molar refractivity (Wildman–Crippen MR) is 99.2 cm³/mol. The van der Waals surface area contributed by atoms with E-state index in [1.807, 2.05) is 0 Å². The van der Waals surface area contributed by atoms with E-state index < -0.39 is 46.4 Å². The molecule has 3 aromatic rings. The van der Waals surface area contributed by atoms with Gasteiger partial charge in [0.15, 0.2) is 34.5 Å². The molecule has 0 aliphatic carbocycles. The Balaban J connectivity index is 1.69. The number of rotatable bonds is 4. The SMILES string of the molecule is O=C(Oc1ccc(OC(=O)c2cc(O)c(O)c(O)c2)cc1)c1cc(O)c(O)c(O)c1. The van der Waals surface area contributed by atoms with E-state index in [1.54, 1.807) is 0 Å². The van der Waals surface area contributed by atoms with E-state index in [9.17, 15) is 40.2 Å². The van der Waals surface area contributed by atoms with Crippen LogP contribution in [-0.2, 0) is 0 Å². The Morgan fingerprint density at radius 3 is 1.07 bits per heavy atom. The zero-order valence-electron chi connectivity index (χ0n) is 14.9. The number of aromatic hydroxyl groups is 6. The van der Waals surface area contributed by atoms with Gasteiger partial charge in [-0.05, 0) is 48.5 Å². The molecule has 0 aliphatic heterocycles. The van der Waals surface area contributed by atoms with E-state index in [-0.39, 0.29) is 22.6 Å². The van der Waals surface area contributed by atoms with Crippen molar-refractivity contribution in [3.63, 3.8) is 0 Å². The fourth-order valence-corrected chi connectivity index (χ4v) is 2.35. The van der Waals surface area contributed by atoms with Crippen LogP contribution in [0.15, 0.2) is 48.5 Å². The van der Waals surface area contributed by atoms with Gasteiger partial charge in [-0.3, -0.25) is 0 Å². The maximum atomic E-state index is 12.1. The highest BCUT2D eigenvalue weighted by Crippen LogP contribution is 2.36. The second-order valence-corrected chi connectivity index (χ2v) is 5.98. The monoisotopic (exact) mass is 414 g/mol. The molecule has 0 bridgehead atoms. The molecule has 6 N–H and O–H groups in total. The lowest BCUT2D eigenvalue weighted by atomic mass is 10.2. The largest absolute Gasteiger partial charge is 0.504 e. The van der Waals surface area contributed by atoms with E-state index in [0.717, 1.165) is 24.3 Å². The Kier molecular flexibility index (Phi) is 5.23. The van der Waals surface area contributed by atoms with Crippen molar-refractivity contribution in [1.82, 2.24) is 0 Å². The summed E-state index contributed by atoms with van der Waals surface area (Å²) in [4.78, 5) is 24.2.